The summed E-state index contributed by atoms with van der Waals surface area (Å²) in [5, 5.41) is 9.38. The molecule has 1 aliphatic heterocycles. The maximum absolute atomic E-state index is 13.1. The van der Waals surface area contributed by atoms with Crippen LogP contribution in [0.1, 0.15) is 78.1 Å². The minimum absolute atomic E-state index is 0.107. The van der Waals surface area contributed by atoms with Gasteiger partial charge in [-0.3, -0.25) is 18.7 Å². The average molecular weight is 464 g/mol. The molecule has 0 bridgehead atoms. The van der Waals surface area contributed by atoms with Gasteiger partial charge in [0.1, 0.15) is 12.1 Å². The van der Waals surface area contributed by atoms with Crippen molar-refractivity contribution in [1.29, 1.82) is 0 Å². The molecule has 4 N–H and O–H groups in total. The van der Waals surface area contributed by atoms with Crippen LogP contribution in [0.3, 0.4) is 0 Å². The Kier molecular flexibility index (Phi) is 12.3. The lowest BCUT2D eigenvalue weighted by Gasteiger charge is -2.30. The third-order valence-electron chi connectivity index (χ3n) is 5.19. The van der Waals surface area contributed by atoms with E-state index < -0.39 is 43.4 Å². The third-order valence-corrected chi connectivity index (χ3v) is 6.83. The van der Waals surface area contributed by atoms with E-state index in [-0.39, 0.29) is 25.8 Å². The minimum atomic E-state index is -4.52. The molecular weight excluding hydrogens is 427 g/mol. The Morgan fingerprint density at radius 3 is 2.45 bits per heavy atom. The number of carbonyl (C=O) groups excluding carboxylic acids is 2. The van der Waals surface area contributed by atoms with E-state index in [1.54, 1.807) is 6.92 Å². The van der Waals surface area contributed by atoms with Crippen molar-refractivity contribution in [3.63, 3.8) is 0 Å². The summed E-state index contributed by atoms with van der Waals surface area (Å²) in [7, 11) is -4.52. The van der Waals surface area contributed by atoms with Gasteiger partial charge >= 0.3 is 19.5 Å². The number of hydrogen-bond acceptors (Lipinski definition) is 7. The standard InChI is InChI=1S/C20H37N2O8P/c1-3-5-12-18(29-17(23)9-4-2)31(27,28)30-16(11-6-7-13-21)19(24)22-14-8-10-15(22)20(25)26/h15-16,18H,3-14,21H2,1-2H3,(H,25,26)(H,27,28)/t15-,16-,18?/m0/s1. The van der Waals surface area contributed by atoms with E-state index in [2.05, 4.69) is 0 Å². The molecule has 0 radical (unpaired) electrons. The van der Waals surface area contributed by atoms with Gasteiger partial charge in [-0.15, -0.1) is 0 Å². The summed E-state index contributed by atoms with van der Waals surface area (Å²) in [6, 6.07) is -0.982. The summed E-state index contributed by atoms with van der Waals surface area (Å²) >= 11 is 0. The Hall–Kier alpha value is -1.48. The van der Waals surface area contributed by atoms with E-state index in [4.69, 9.17) is 15.0 Å². The lowest BCUT2D eigenvalue weighted by atomic mass is 10.1. The van der Waals surface area contributed by atoms with Crippen LogP contribution in [0.2, 0.25) is 0 Å². The molecule has 11 heteroatoms. The summed E-state index contributed by atoms with van der Waals surface area (Å²) in [5.74, 6) is -3.72. The van der Waals surface area contributed by atoms with Gasteiger partial charge < -0.3 is 25.4 Å². The Balaban J connectivity index is 3.04. The molecule has 0 aromatic carbocycles. The number of amides is 1. The van der Waals surface area contributed by atoms with E-state index in [1.807, 2.05) is 6.92 Å². The highest BCUT2D eigenvalue weighted by Crippen LogP contribution is 2.52. The van der Waals surface area contributed by atoms with Crippen LogP contribution in [0.15, 0.2) is 0 Å². The summed E-state index contributed by atoms with van der Waals surface area (Å²) in [5.41, 5.74) is 5.51. The molecule has 1 saturated heterocycles. The normalized spacial score (nSPS) is 20.1. The van der Waals surface area contributed by atoms with E-state index >= 15 is 0 Å². The van der Waals surface area contributed by atoms with Gasteiger partial charge in [0.25, 0.3) is 5.91 Å². The van der Waals surface area contributed by atoms with E-state index in [1.165, 1.54) is 4.90 Å². The first kappa shape index (κ1) is 27.6. The third kappa shape index (κ3) is 8.88. The molecule has 4 atom stereocenters. The Labute approximate surface area is 184 Å². The second kappa shape index (κ2) is 13.8. The Morgan fingerprint density at radius 1 is 1.16 bits per heavy atom. The SMILES string of the molecule is CCCCC(OC(=O)CCC)P(=O)(O)O[C@@H](CCCCN)C(=O)N1CCC[C@H]1C(=O)O. The number of hydrogen-bond donors (Lipinski definition) is 3. The molecule has 0 aromatic rings. The van der Waals surface area contributed by atoms with Gasteiger partial charge in [-0.1, -0.05) is 20.3 Å². The number of carbonyl (C=O) groups is 3. The number of carboxylic acids is 1. The van der Waals surface area contributed by atoms with Crippen LogP contribution in [0.5, 0.6) is 0 Å². The molecule has 0 aromatic heterocycles. The monoisotopic (exact) mass is 464 g/mol. The van der Waals surface area contributed by atoms with Crippen LogP contribution in [0.25, 0.3) is 0 Å². The predicted molar refractivity (Wildman–Crippen MR) is 114 cm³/mol. The number of nitrogens with two attached hydrogens (primary N) is 1. The first-order chi connectivity index (χ1) is 14.7. The number of rotatable bonds is 15. The summed E-state index contributed by atoms with van der Waals surface area (Å²) < 4.78 is 23.7. The van der Waals surface area contributed by atoms with E-state index in [0.717, 1.165) is 6.42 Å². The zero-order valence-electron chi connectivity index (χ0n) is 18.5. The van der Waals surface area contributed by atoms with Crippen molar-refractivity contribution in [3.8, 4) is 0 Å². The number of likely N-dealkylation sites (tertiary alicyclic amines) is 1. The molecule has 1 rings (SSSR count). The van der Waals surface area contributed by atoms with Crippen molar-refractivity contribution in [3.05, 3.63) is 0 Å². The largest absolute Gasteiger partial charge is 0.480 e. The fourth-order valence-electron chi connectivity index (χ4n) is 3.50. The Morgan fingerprint density at radius 2 is 1.87 bits per heavy atom. The van der Waals surface area contributed by atoms with Crippen molar-refractivity contribution in [1.82, 2.24) is 4.90 Å². The van der Waals surface area contributed by atoms with Gasteiger partial charge in [0.05, 0.1) is 0 Å². The molecule has 0 aliphatic carbocycles. The lowest BCUT2D eigenvalue weighted by molar-refractivity contribution is -0.152. The quantitative estimate of drug-likeness (QED) is 0.188. The van der Waals surface area contributed by atoms with E-state index in [0.29, 0.717) is 45.1 Å². The Bertz CT molecular complexity index is 645. The number of unbranched alkanes of at least 4 members (excludes halogenated alkanes) is 2. The van der Waals surface area contributed by atoms with Gasteiger partial charge in [0.15, 0.2) is 0 Å². The van der Waals surface area contributed by atoms with Gasteiger partial charge in [-0.25, -0.2) is 4.79 Å². The highest BCUT2D eigenvalue weighted by Gasteiger charge is 2.43. The van der Waals surface area contributed by atoms with E-state index in [9.17, 15) is 28.9 Å². The molecule has 31 heavy (non-hydrogen) atoms. The molecule has 180 valence electrons. The van der Waals surface area contributed by atoms with Gasteiger partial charge in [-0.2, -0.15) is 0 Å². The van der Waals surface area contributed by atoms with Crippen LogP contribution in [0.4, 0.5) is 0 Å². The molecule has 0 spiro atoms. The average Bonchev–Trinajstić information content (AvgIpc) is 3.20. The molecule has 1 amide bonds. The molecule has 1 aliphatic rings. The minimum Gasteiger partial charge on any atom is -0.480 e. The summed E-state index contributed by atoms with van der Waals surface area (Å²) in [4.78, 5) is 48.3. The predicted octanol–water partition coefficient (Wildman–Crippen LogP) is 2.62. The van der Waals surface area contributed by atoms with Crippen LogP contribution < -0.4 is 5.73 Å². The molecule has 0 saturated carbocycles. The lowest BCUT2D eigenvalue weighted by Crippen LogP contribution is -2.46. The van der Waals surface area contributed by atoms with Gasteiger partial charge in [0.2, 0.25) is 5.85 Å². The topological polar surface area (TPSA) is 156 Å². The van der Waals surface area contributed by atoms with Crippen molar-refractivity contribution in [2.45, 2.75) is 96.0 Å². The summed E-state index contributed by atoms with van der Waals surface area (Å²) in [6.07, 6.45) is 2.73. The van der Waals surface area contributed by atoms with Crippen LogP contribution in [0, 0.1) is 0 Å². The zero-order valence-corrected chi connectivity index (χ0v) is 19.4. The van der Waals surface area contributed by atoms with Crippen molar-refractivity contribution >= 4 is 25.4 Å². The van der Waals surface area contributed by atoms with Gasteiger partial charge in [-0.05, 0) is 57.9 Å². The first-order valence-corrected chi connectivity index (χ1v) is 12.8. The number of esters is 1. The molecule has 1 heterocycles. The van der Waals surface area contributed by atoms with Crippen LogP contribution >= 0.6 is 7.60 Å². The maximum atomic E-state index is 13.1. The number of ether oxygens (including phenoxy) is 1. The highest BCUT2D eigenvalue weighted by atomic mass is 31.2. The summed E-state index contributed by atoms with van der Waals surface area (Å²) in [6.45, 7) is 4.31. The number of aliphatic carboxylic acids is 1. The second-order valence-corrected chi connectivity index (χ2v) is 9.72. The fourth-order valence-corrected chi connectivity index (χ4v) is 4.96. The zero-order chi connectivity index (χ0) is 23.4. The molecule has 1 fully saturated rings. The molecule has 2 unspecified atom stereocenters. The van der Waals surface area contributed by atoms with Crippen LogP contribution in [-0.2, 0) is 28.2 Å². The highest BCUT2D eigenvalue weighted by molar-refractivity contribution is 7.53. The molecule has 10 nitrogen and oxygen atoms in total. The fraction of sp³-hybridized carbons (Fsp3) is 0.850. The number of carboxylic acid groups (broad SMARTS) is 1. The van der Waals surface area contributed by atoms with Crippen LogP contribution in [-0.4, -0.2) is 63.8 Å². The smallest absolute Gasteiger partial charge is 0.369 e. The maximum Gasteiger partial charge on any atom is 0.369 e. The molecular formula is C20H37N2O8P. The van der Waals surface area contributed by atoms with Crippen molar-refractivity contribution in [2.24, 2.45) is 5.73 Å². The number of nitrogens with zero attached hydrogens (tertiary/aromatic N) is 1. The first-order valence-electron chi connectivity index (χ1n) is 11.1. The van der Waals surface area contributed by atoms with Crippen molar-refractivity contribution < 1.29 is 38.2 Å². The van der Waals surface area contributed by atoms with Gasteiger partial charge in [0, 0.05) is 13.0 Å². The second-order valence-electron chi connectivity index (χ2n) is 7.81. The van der Waals surface area contributed by atoms with Crippen molar-refractivity contribution in [2.75, 3.05) is 13.1 Å².